The number of carbonyl (C=O) groups is 2. The van der Waals surface area contributed by atoms with Crippen LogP contribution in [0.2, 0.25) is 0 Å². The van der Waals surface area contributed by atoms with Crippen LogP contribution in [0.3, 0.4) is 0 Å². The van der Waals surface area contributed by atoms with Crippen molar-refractivity contribution in [2.75, 3.05) is 13.1 Å². The highest BCUT2D eigenvalue weighted by Crippen LogP contribution is 2.45. The van der Waals surface area contributed by atoms with E-state index in [1.165, 1.54) is 23.2 Å². The number of nitrogens with zero attached hydrogens (tertiary/aromatic N) is 4. The van der Waals surface area contributed by atoms with Crippen molar-refractivity contribution in [1.29, 1.82) is 0 Å². The topological polar surface area (TPSA) is 77.3 Å². The van der Waals surface area contributed by atoms with Gasteiger partial charge in [0, 0.05) is 30.8 Å². The molecule has 39 heavy (non-hydrogen) atoms. The second-order valence-corrected chi connectivity index (χ2v) is 10.6. The number of alkyl halides is 3. The first-order chi connectivity index (χ1) is 18.3. The second kappa shape index (κ2) is 9.62. The molecule has 0 radical (unpaired) electrons. The minimum Gasteiger partial charge on any atom is -0.444 e. The van der Waals surface area contributed by atoms with Crippen LogP contribution in [0.25, 0.3) is 11.8 Å². The highest BCUT2D eigenvalue weighted by atomic mass is 19.4. The van der Waals surface area contributed by atoms with Crippen LogP contribution in [-0.2, 0) is 10.9 Å². The van der Waals surface area contributed by atoms with Gasteiger partial charge in [-0.15, -0.1) is 0 Å². The average molecular weight is 543 g/mol. The molecule has 2 aromatic heterocycles. The summed E-state index contributed by atoms with van der Waals surface area (Å²) in [7, 11) is 0. The number of halogens is 4. The molecule has 0 spiro atoms. The second-order valence-electron chi connectivity index (χ2n) is 10.6. The van der Waals surface area contributed by atoms with Gasteiger partial charge in [0.15, 0.2) is 5.78 Å². The number of carbonyl (C=O) groups excluding carboxylic acids is 2. The van der Waals surface area contributed by atoms with Gasteiger partial charge < -0.3 is 9.64 Å². The minimum absolute atomic E-state index is 0.136. The van der Waals surface area contributed by atoms with Gasteiger partial charge in [0.25, 0.3) is 0 Å². The first-order valence-corrected chi connectivity index (χ1v) is 12.4. The number of benzene rings is 1. The maximum atomic E-state index is 13.9. The Kier molecular flexibility index (Phi) is 6.56. The van der Waals surface area contributed by atoms with Crippen molar-refractivity contribution in [3.05, 3.63) is 82.7 Å². The predicted octanol–water partition coefficient (Wildman–Crippen LogP) is 6.05. The Morgan fingerprint density at radius 3 is 2.46 bits per heavy atom. The summed E-state index contributed by atoms with van der Waals surface area (Å²) in [4.78, 5) is 32.3. The number of Topliss-reactive ketones (excluding diaryl/α,β-unsaturated/α-hetero) is 1. The van der Waals surface area contributed by atoms with Gasteiger partial charge in [0.2, 0.25) is 0 Å². The number of hydrogen-bond donors (Lipinski definition) is 0. The number of rotatable bonds is 3. The molecule has 1 saturated heterocycles. The Hall–Kier alpha value is -4.02. The smallest absolute Gasteiger partial charge is 0.416 e. The van der Waals surface area contributed by atoms with Crippen LogP contribution in [0.15, 0.2) is 54.4 Å². The normalized spacial score (nSPS) is 19.2. The third kappa shape index (κ3) is 5.30. The number of likely N-dealkylation sites (tertiary alicyclic amines) is 1. The van der Waals surface area contributed by atoms with Crippen molar-refractivity contribution in [3.63, 3.8) is 0 Å². The lowest BCUT2D eigenvalue weighted by Crippen LogP contribution is -2.46. The fourth-order valence-electron chi connectivity index (χ4n) is 5.05. The zero-order valence-corrected chi connectivity index (χ0v) is 21.5. The maximum Gasteiger partial charge on any atom is 0.416 e. The van der Waals surface area contributed by atoms with E-state index in [0.717, 1.165) is 23.9 Å². The van der Waals surface area contributed by atoms with E-state index in [2.05, 4.69) is 10.1 Å². The van der Waals surface area contributed by atoms with Gasteiger partial charge in [-0.05, 0) is 69.7 Å². The molecular weight excluding hydrogens is 516 g/mol. The van der Waals surface area contributed by atoms with Gasteiger partial charge >= 0.3 is 12.3 Å². The molecule has 204 valence electrons. The van der Waals surface area contributed by atoms with Crippen LogP contribution in [0.4, 0.5) is 22.4 Å². The molecule has 1 amide bonds. The Balaban J connectivity index is 1.58. The zero-order valence-electron chi connectivity index (χ0n) is 21.5. The van der Waals surface area contributed by atoms with E-state index in [0.29, 0.717) is 29.9 Å². The van der Waals surface area contributed by atoms with Crippen LogP contribution < -0.4 is 0 Å². The lowest BCUT2D eigenvalue weighted by Gasteiger charge is -2.40. The van der Waals surface area contributed by atoms with Crippen molar-refractivity contribution in [1.82, 2.24) is 19.7 Å². The van der Waals surface area contributed by atoms with Gasteiger partial charge in [-0.1, -0.05) is 5.57 Å². The van der Waals surface area contributed by atoms with Crippen LogP contribution in [0.5, 0.6) is 0 Å². The number of pyridine rings is 1. The summed E-state index contributed by atoms with van der Waals surface area (Å²) in [5.41, 5.74) is 0.450. The standard InChI is InChI=1S/C28H26F4N4O3/c1-27(2,3)39-26(38)35-11-9-16-12-23-20(14-34-36(23)19-6-4-18(29)5-7-19)24(21(16)15-35)25(37)22-13-17(8-10-33-22)28(30,31)32/h4-8,10,12-14,21,24H,9,11,15H2,1-3H3/t21?,24-/m1/s1. The van der Waals surface area contributed by atoms with Gasteiger partial charge in [-0.3, -0.25) is 9.78 Å². The Morgan fingerprint density at radius 2 is 1.79 bits per heavy atom. The Morgan fingerprint density at radius 1 is 1.08 bits per heavy atom. The fraction of sp³-hybridized carbons (Fsp3) is 0.357. The molecule has 1 unspecified atom stereocenters. The molecule has 0 saturated carbocycles. The van der Waals surface area contributed by atoms with Crippen molar-refractivity contribution in [2.45, 2.75) is 44.9 Å². The SMILES string of the molecule is CC(C)(C)OC(=O)N1CCC2=Cc3c(cnn3-c3ccc(F)cc3)[C@@H](C(=O)c3cc(C(F)(F)F)ccn3)C2C1. The molecule has 1 aliphatic carbocycles. The molecule has 3 heterocycles. The molecule has 2 aliphatic rings. The number of piperidine rings is 1. The number of fused-ring (bicyclic) bond motifs is 2. The van der Waals surface area contributed by atoms with Crippen LogP contribution >= 0.6 is 0 Å². The summed E-state index contributed by atoms with van der Waals surface area (Å²) >= 11 is 0. The van der Waals surface area contributed by atoms with E-state index < -0.39 is 46.9 Å². The van der Waals surface area contributed by atoms with E-state index in [4.69, 9.17) is 4.74 Å². The highest BCUT2D eigenvalue weighted by Gasteiger charge is 2.44. The molecule has 7 nitrogen and oxygen atoms in total. The monoisotopic (exact) mass is 542 g/mol. The molecule has 0 N–H and O–H groups in total. The summed E-state index contributed by atoms with van der Waals surface area (Å²) in [5, 5.41) is 4.43. The van der Waals surface area contributed by atoms with Crippen LogP contribution in [-0.4, -0.2) is 50.2 Å². The van der Waals surface area contributed by atoms with Gasteiger partial charge in [-0.25, -0.2) is 13.9 Å². The van der Waals surface area contributed by atoms with Crippen molar-refractivity contribution in [3.8, 4) is 5.69 Å². The van der Waals surface area contributed by atoms with Crippen molar-refractivity contribution < 1.29 is 31.9 Å². The molecule has 1 aromatic carbocycles. The third-order valence-corrected chi connectivity index (χ3v) is 6.80. The van der Waals surface area contributed by atoms with E-state index in [9.17, 15) is 27.2 Å². The maximum absolute atomic E-state index is 13.9. The molecule has 0 bridgehead atoms. The van der Waals surface area contributed by atoms with E-state index in [-0.39, 0.29) is 12.2 Å². The number of aromatic nitrogens is 3. The quantitative estimate of drug-likeness (QED) is 0.298. The van der Waals surface area contributed by atoms with Gasteiger partial charge in [0.05, 0.1) is 29.1 Å². The molecule has 11 heteroatoms. The molecule has 1 fully saturated rings. The number of amides is 1. The van der Waals surface area contributed by atoms with Crippen LogP contribution in [0.1, 0.15) is 60.4 Å². The average Bonchev–Trinajstić information content (AvgIpc) is 3.29. The lowest BCUT2D eigenvalue weighted by molar-refractivity contribution is -0.137. The Labute approximate surface area is 222 Å². The number of ether oxygens (including phenoxy) is 1. The van der Waals surface area contributed by atoms with Crippen molar-refractivity contribution in [2.24, 2.45) is 5.92 Å². The summed E-state index contributed by atoms with van der Waals surface area (Å²) in [6.07, 6.45) is -0.394. The van der Waals surface area contributed by atoms with E-state index in [1.807, 2.05) is 6.08 Å². The summed E-state index contributed by atoms with van der Waals surface area (Å²) < 4.78 is 60.9. The number of hydrogen-bond acceptors (Lipinski definition) is 5. The van der Waals surface area contributed by atoms with Crippen LogP contribution in [0, 0.1) is 11.7 Å². The van der Waals surface area contributed by atoms with E-state index in [1.54, 1.807) is 37.6 Å². The third-order valence-electron chi connectivity index (χ3n) is 6.80. The largest absolute Gasteiger partial charge is 0.444 e. The molecule has 5 rings (SSSR count). The predicted molar refractivity (Wildman–Crippen MR) is 134 cm³/mol. The lowest BCUT2D eigenvalue weighted by atomic mass is 9.71. The summed E-state index contributed by atoms with van der Waals surface area (Å²) in [6.45, 7) is 5.74. The molecule has 1 aliphatic heterocycles. The summed E-state index contributed by atoms with van der Waals surface area (Å²) in [6, 6.07) is 7.23. The van der Waals surface area contributed by atoms with Crippen molar-refractivity contribution >= 4 is 18.0 Å². The zero-order chi connectivity index (χ0) is 28.1. The molecule has 2 atom stereocenters. The fourth-order valence-corrected chi connectivity index (χ4v) is 5.05. The first kappa shape index (κ1) is 26.6. The van der Waals surface area contributed by atoms with Gasteiger partial charge in [0.1, 0.15) is 17.1 Å². The highest BCUT2D eigenvalue weighted by molar-refractivity contribution is 6.01. The summed E-state index contributed by atoms with van der Waals surface area (Å²) in [5.74, 6) is -2.50. The Bertz CT molecular complexity index is 1450. The van der Waals surface area contributed by atoms with Gasteiger partial charge in [-0.2, -0.15) is 18.3 Å². The first-order valence-electron chi connectivity index (χ1n) is 12.4. The molecule has 3 aromatic rings. The van der Waals surface area contributed by atoms with E-state index >= 15 is 0 Å². The molecular formula is C28H26F4N4O3. The minimum atomic E-state index is -4.65. The number of ketones is 1.